The SMILES string of the molecule is CCNC(=NCC1CCN(c2cccc(OC)c2)C1)NCCN1CCOCC1. The number of ether oxygens (including phenoxy) is 2. The van der Waals surface area contributed by atoms with Crippen LogP contribution in [0.3, 0.4) is 0 Å². The first-order valence-corrected chi connectivity index (χ1v) is 10.5. The smallest absolute Gasteiger partial charge is 0.191 e. The molecule has 0 aliphatic carbocycles. The van der Waals surface area contributed by atoms with Gasteiger partial charge in [-0.2, -0.15) is 0 Å². The Morgan fingerprint density at radius 2 is 2.11 bits per heavy atom. The standard InChI is InChI=1S/C21H35N5O2/c1-3-22-21(23-8-10-25-11-13-28-14-12-25)24-16-18-7-9-26(17-18)19-5-4-6-20(15-19)27-2/h4-6,15,18H,3,7-14,16-17H2,1-2H3,(H2,22,23,24). The molecular formula is C21H35N5O2. The summed E-state index contributed by atoms with van der Waals surface area (Å²) in [6, 6.07) is 8.32. The number of hydrogen-bond acceptors (Lipinski definition) is 5. The fourth-order valence-electron chi connectivity index (χ4n) is 3.74. The highest BCUT2D eigenvalue weighted by molar-refractivity contribution is 5.79. The zero-order valence-corrected chi connectivity index (χ0v) is 17.3. The number of guanidine groups is 1. The Morgan fingerprint density at radius 3 is 2.89 bits per heavy atom. The molecule has 3 rings (SSSR count). The lowest BCUT2D eigenvalue weighted by Crippen LogP contribution is -2.44. The minimum Gasteiger partial charge on any atom is -0.497 e. The molecule has 1 unspecified atom stereocenters. The van der Waals surface area contributed by atoms with Crippen molar-refractivity contribution in [3.8, 4) is 5.75 Å². The zero-order chi connectivity index (χ0) is 19.6. The lowest BCUT2D eigenvalue weighted by molar-refractivity contribution is 0.0389. The average molecular weight is 390 g/mol. The molecule has 7 heteroatoms. The molecule has 2 fully saturated rings. The molecule has 156 valence electrons. The molecule has 0 spiro atoms. The second kappa shape index (κ2) is 11.1. The lowest BCUT2D eigenvalue weighted by Gasteiger charge is -2.26. The molecule has 7 nitrogen and oxygen atoms in total. The number of methoxy groups -OCH3 is 1. The molecular weight excluding hydrogens is 354 g/mol. The lowest BCUT2D eigenvalue weighted by atomic mass is 10.1. The van der Waals surface area contributed by atoms with Crippen LogP contribution in [-0.4, -0.2) is 83.5 Å². The van der Waals surface area contributed by atoms with Gasteiger partial charge in [0.05, 0.1) is 20.3 Å². The molecule has 0 saturated carbocycles. The minimum atomic E-state index is 0.584. The van der Waals surface area contributed by atoms with Crippen LogP contribution in [0, 0.1) is 5.92 Å². The van der Waals surface area contributed by atoms with Gasteiger partial charge in [-0.1, -0.05) is 6.07 Å². The van der Waals surface area contributed by atoms with E-state index in [4.69, 9.17) is 14.5 Å². The van der Waals surface area contributed by atoms with Crippen molar-refractivity contribution in [1.29, 1.82) is 0 Å². The zero-order valence-electron chi connectivity index (χ0n) is 17.3. The first-order valence-electron chi connectivity index (χ1n) is 10.5. The molecule has 2 heterocycles. The Bertz CT molecular complexity index is 619. The van der Waals surface area contributed by atoms with Crippen molar-refractivity contribution in [3.05, 3.63) is 24.3 Å². The third-order valence-electron chi connectivity index (χ3n) is 5.38. The van der Waals surface area contributed by atoms with Gasteiger partial charge in [0.2, 0.25) is 0 Å². The van der Waals surface area contributed by atoms with E-state index in [-0.39, 0.29) is 0 Å². The Labute approximate surface area is 169 Å². The van der Waals surface area contributed by atoms with Gasteiger partial charge in [-0.15, -0.1) is 0 Å². The Kier molecular flexibility index (Phi) is 8.23. The van der Waals surface area contributed by atoms with Crippen molar-refractivity contribution in [2.75, 3.05) is 77.6 Å². The van der Waals surface area contributed by atoms with Gasteiger partial charge >= 0.3 is 0 Å². The van der Waals surface area contributed by atoms with Crippen LogP contribution in [-0.2, 0) is 4.74 Å². The molecule has 0 bridgehead atoms. The van der Waals surface area contributed by atoms with Crippen molar-refractivity contribution < 1.29 is 9.47 Å². The summed E-state index contributed by atoms with van der Waals surface area (Å²) in [5.41, 5.74) is 1.24. The number of nitrogens with one attached hydrogen (secondary N) is 2. The second-order valence-corrected chi connectivity index (χ2v) is 7.40. The fraction of sp³-hybridized carbons (Fsp3) is 0.667. The molecule has 2 saturated heterocycles. The quantitative estimate of drug-likeness (QED) is 0.518. The summed E-state index contributed by atoms with van der Waals surface area (Å²) in [7, 11) is 1.72. The number of hydrogen-bond donors (Lipinski definition) is 2. The number of benzene rings is 1. The maximum Gasteiger partial charge on any atom is 0.191 e. The normalized spacial score (nSPS) is 21.0. The van der Waals surface area contributed by atoms with Gasteiger partial charge in [0.25, 0.3) is 0 Å². The van der Waals surface area contributed by atoms with Crippen molar-refractivity contribution >= 4 is 11.6 Å². The van der Waals surface area contributed by atoms with E-state index in [0.29, 0.717) is 5.92 Å². The molecule has 2 aliphatic rings. The molecule has 28 heavy (non-hydrogen) atoms. The van der Waals surface area contributed by atoms with E-state index >= 15 is 0 Å². The predicted octanol–water partition coefficient (Wildman–Crippen LogP) is 1.41. The molecule has 0 aromatic heterocycles. The van der Waals surface area contributed by atoms with Gasteiger partial charge in [-0.3, -0.25) is 9.89 Å². The van der Waals surface area contributed by atoms with Crippen molar-refractivity contribution in [3.63, 3.8) is 0 Å². The van der Waals surface area contributed by atoms with E-state index in [0.717, 1.165) is 77.3 Å². The van der Waals surface area contributed by atoms with E-state index in [1.807, 2.05) is 6.07 Å². The highest BCUT2D eigenvalue weighted by Crippen LogP contribution is 2.26. The molecule has 0 radical (unpaired) electrons. The summed E-state index contributed by atoms with van der Waals surface area (Å²) in [5, 5.41) is 6.84. The number of anilines is 1. The summed E-state index contributed by atoms with van der Waals surface area (Å²) in [4.78, 5) is 9.71. The summed E-state index contributed by atoms with van der Waals surface area (Å²) in [6.07, 6.45) is 1.17. The van der Waals surface area contributed by atoms with E-state index < -0.39 is 0 Å². The summed E-state index contributed by atoms with van der Waals surface area (Å²) in [6.45, 7) is 11.6. The van der Waals surface area contributed by atoms with Gasteiger partial charge in [0.1, 0.15) is 5.75 Å². The molecule has 2 N–H and O–H groups in total. The summed E-state index contributed by atoms with van der Waals surface area (Å²) in [5.74, 6) is 2.43. The van der Waals surface area contributed by atoms with Crippen molar-refractivity contribution in [2.45, 2.75) is 13.3 Å². The predicted molar refractivity (Wildman–Crippen MR) is 115 cm³/mol. The highest BCUT2D eigenvalue weighted by atomic mass is 16.5. The van der Waals surface area contributed by atoms with Crippen LogP contribution in [0.15, 0.2) is 29.3 Å². The first kappa shape index (κ1) is 20.7. The monoisotopic (exact) mass is 389 g/mol. The number of rotatable bonds is 8. The highest BCUT2D eigenvalue weighted by Gasteiger charge is 2.23. The van der Waals surface area contributed by atoms with Crippen LogP contribution in [0.25, 0.3) is 0 Å². The van der Waals surface area contributed by atoms with E-state index in [1.165, 1.54) is 12.1 Å². The Hall–Kier alpha value is -1.99. The summed E-state index contributed by atoms with van der Waals surface area (Å²) >= 11 is 0. The van der Waals surface area contributed by atoms with Gasteiger partial charge < -0.3 is 25.0 Å². The van der Waals surface area contributed by atoms with Crippen LogP contribution in [0.5, 0.6) is 5.75 Å². The van der Waals surface area contributed by atoms with Crippen molar-refractivity contribution in [2.24, 2.45) is 10.9 Å². The van der Waals surface area contributed by atoms with Gasteiger partial charge in [-0.05, 0) is 31.4 Å². The van der Waals surface area contributed by atoms with Gasteiger partial charge in [0, 0.05) is 64.1 Å². The maximum atomic E-state index is 5.41. The van der Waals surface area contributed by atoms with Crippen LogP contribution >= 0.6 is 0 Å². The second-order valence-electron chi connectivity index (χ2n) is 7.40. The Morgan fingerprint density at radius 1 is 1.25 bits per heavy atom. The first-order chi connectivity index (χ1) is 13.8. The minimum absolute atomic E-state index is 0.584. The van der Waals surface area contributed by atoms with Crippen LogP contribution in [0.1, 0.15) is 13.3 Å². The molecule has 1 aromatic rings. The molecule has 2 aliphatic heterocycles. The number of aliphatic imine (C=N–C) groups is 1. The number of morpholine rings is 1. The molecule has 0 amide bonds. The number of nitrogens with zero attached hydrogens (tertiary/aromatic N) is 3. The van der Waals surface area contributed by atoms with E-state index in [9.17, 15) is 0 Å². The van der Waals surface area contributed by atoms with Gasteiger partial charge in [-0.25, -0.2) is 0 Å². The molecule has 1 aromatic carbocycles. The molecule has 1 atom stereocenters. The fourth-order valence-corrected chi connectivity index (χ4v) is 3.74. The maximum absolute atomic E-state index is 5.41. The summed E-state index contributed by atoms with van der Waals surface area (Å²) < 4.78 is 10.8. The van der Waals surface area contributed by atoms with E-state index in [1.54, 1.807) is 7.11 Å². The third-order valence-corrected chi connectivity index (χ3v) is 5.38. The van der Waals surface area contributed by atoms with Crippen LogP contribution < -0.4 is 20.3 Å². The van der Waals surface area contributed by atoms with Crippen LogP contribution in [0.4, 0.5) is 5.69 Å². The Balaban J connectivity index is 1.44. The average Bonchev–Trinajstić information content (AvgIpc) is 3.22. The van der Waals surface area contributed by atoms with E-state index in [2.05, 4.69) is 45.6 Å². The van der Waals surface area contributed by atoms with Crippen molar-refractivity contribution in [1.82, 2.24) is 15.5 Å². The van der Waals surface area contributed by atoms with Gasteiger partial charge in [0.15, 0.2) is 5.96 Å². The topological polar surface area (TPSA) is 61.4 Å². The third kappa shape index (κ3) is 6.27. The largest absolute Gasteiger partial charge is 0.497 e. The van der Waals surface area contributed by atoms with Crippen LogP contribution in [0.2, 0.25) is 0 Å².